The Morgan fingerprint density at radius 3 is 3.00 bits per heavy atom. The van der Waals surface area contributed by atoms with E-state index in [1.807, 2.05) is 36.4 Å². The minimum atomic E-state index is -0.181. The number of ether oxygens (including phenoxy) is 1. The van der Waals surface area contributed by atoms with Crippen LogP contribution in [0, 0.1) is 0 Å². The van der Waals surface area contributed by atoms with Crippen molar-refractivity contribution in [3.05, 3.63) is 58.2 Å². The summed E-state index contributed by atoms with van der Waals surface area (Å²) in [6, 6.07) is 13.6. The Labute approximate surface area is 174 Å². The molecule has 0 fully saturated rings. The summed E-state index contributed by atoms with van der Waals surface area (Å²) in [6.07, 6.45) is 0.874. The molecule has 0 spiro atoms. The number of nitrogens with one attached hydrogen (secondary N) is 2. The molecule has 0 bridgehead atoms. The largest absolute Gasteiger partial charge is 0.377 e. The number of nitrogens with zero attached hydrogens (tertiary/aromatic N) is 4. The molecule has 2 aromatic heterocycles. The molecule has 0 radical (unpaired) electrons. The smallest absolute Gasteiger partial charge is 0.272 e. The Morgan fingerprint density at radius 1 is 1.31 bits per heavy atom. The molecule has 0 saturated heterocycles. The molecule has 9 heteroatoms. The lowest BCUT2D eigenvalue weighted by Crippen LogP contribution is -2.21. The van der Waals surface area contributed by atoms with E-state index in [-0.39, 0.29) is 12.0 Å². The number of aryl methyl sites for hydroxylation is 1. The van der Waals surface area contributed by atoms with Crippen molar-refractivity contribution in [1.29, 1.82) is 0 Å². The van der Waals surface area contributed by atoms with Crippen molar-refractivity contribution in [2.75, 3.05) is 12.4 Å². The summed E-state index contributed by atoms with van der Waals surface area (Å²) >= 11 is 3.46. The number of hydrogen-bond acceptors (Lipinski definition) is 5. The zero-order valence-electron chi connectivity index (χ0n) is 15.5. The number of anilines is 1. The Kier molecular flexibility index (Phi) is 4.40. The van der Waals surface area contributed by atoms with E-state index >= 15 is 0 Å². The van der Waals surface area contributed by atoms with Gasteiger partial charge >= 0.3 is 0 Å². The lowest BCUT2D eigenvalue weighted by atomic mass is 10.0. The highest BCUT2D eigenvalue weighted by molar-refractivity contribution is 9.10. The summed E-state index contributed by atoms with van der Waals surface area (Å²) in [6.45, 7) is 0.723. The van der Waals surface area contributed by atoms with Crippen molar-refractivity contribution >= 4 is 38.4 Å². The van der Waals surface area contributed by atoms with Crippen LogP contribution in [0.4, 0.5) is 5.69 Å². The van der Waals surface area contributed by atoms with Crippen LogP contribution in [-0.4, -0.2) is 38.2 Å². The zero-order chi connectivity index (χ0) is 20.0. The summed E-state index contributed by atoms with van der Waals surface area (Å²) in [4.78, 5) is 13.2. The highest BCUT2D eigenvalue weighted by Crippen LogP contribution is 2.36. The Hall–Kier alpha value is -3.04. The van der Waals surface area contributed by atoms with Crippen molar-refractivity contribution in [3.63, 3.8) is 0 Å². The molecule has 3 heterocycles. The van der Waals surface area contributed by atoms with Crippen LogP contribution in [0.2, 0.25) is 0 Å². The molecule has 29 heavy (non-hydrogen) atoms. The number of halogens is 1. The van der Waals surface area contributed by atoms with Gasteiger partial charge in [-0.3, -0.25) is 4.79 Å². The summed E-state index contributed by atoms with van der Waals surface area (Å²) in [5.41, 5.74) is 4.12. The number of carbonyl (C=O) groups is 1. The number of aromatic nitrogens is 5. The third kappa shape index (κ3) is 3.02. The maximum atomic E-state index is 13.2. The third-order valence-electron chi connectivity index (χ3n) is 5.26. The summed E-state index contributed by atoms with van der Waals surface area (Å²) in [5.74, 6) is 0.299. The van der Waals surface area contributed by atoms with Crippen LogP contribution in [0.5, 0.6) is 0 Å². The van der Waals surface area contributed by atoms with Crippen LogP contribution in [0.25, 0.3) is 22.3 Å². The van der Waals surface area contributed by atoms with Gasteiger partial charge in [0.25, 0.3) is 5.91 Å². The van der Waals surface area contributed by atoms with Gasteiger partial charge in [0, 0.05) is 34.6 Å². The van der Waals surface area contributed by atoms with E-state index in [1.54, 1.807) is 7.11 Å². The quantitative estimate of drug-likeness (QED) is 0.488. The highest BCUT2D eigenvalue weighted by Gasteiger charge is 2.26. The van der Waals surface area contributed by atoms with E-state index in [9.17, 15) is 4.79 Å². The van der Waals surface area contributed by atoms with Gasteiger partial charge in [0.2, 0.25) is 0 Å². The second-order valence-corrected chi connectivity index (χ2v) is 7.79. The first-order valence-corrected chi connectivity index (χ1v) is 9.95. The minimum absolute atomic E-state index is 0.0500. The average molecular weight is 453 g/mol. The minimum Gasteiger partial charge on any atom is -0.377 e. The zero-order valence-corrected chi connectivity index (χ0v) is 17.1. The van der Waals surface area contributed by atoms with Crippen LogP contribution >= 0.6 is 15.9 Å². The number of amides is 1. The van der Waals surface area contributed by atoms with E-state index in [0.717, 1.165) is 33.9 Å². The number of hydrogen-bond donors (Lipinski definition) is 2. The number of benzene rings is 2. The Morgan fingerprint density at radius 2 is 2.21 bits per heavy atom. The molecule has 146 valence electrons. The van der Waals surface area contributed by atoms with Gasteiger partial charge in [0.05, 0.1) is 17.3 Å². The monoisotopic (exact) mass is 452 g/mol. The third-order valence-corrected chi connectivity index (χ3v) is 5.75. The van der Waals surface area contributed by atoms with Crippen molar-refractivity contribution in [1.82, 2.24) is 25.2 Å². The van der Waals surface area contributed by atoms with E-state index < -0.39 is 0 Å². The molecule has 5 rings (SSSR count). The normalized spacial score (nSPS) is 15.6. The molecule has 1 atom stereocenters. The topological polar surface area (TPSA) is 97.7 Å². The number of tetrazole rings is 1. The molecule has 1 aliphatic heterocycles. The van der Waals surface area contributed by atoms with Gasteiger partial charge in [-0.1, -0.05) is 34.1 Å². The fourth-order valence-electron chi connectivity index (χ4n) is 3.96. The molecular formula is C20H17BrN6O2. The lowest BCUT2D eigenvalue weighted by Gasteiger charge is -2.25. The summed E-state index contributed by atoms with van der Waals surface area (Å²) in [7, 11) is 1.73. The standard InChI is InChI=1S/C20H17BrN6O2/c1-29-17-7-8-27-16(9-11-3-2-4-13(17)18(11)27)20(28)22-15-6-5-12(21)10-14(15)19-23-25-26-24-19/h2-6,9-10,17H,7-8H2,1H3,(H,22,28)(H,23,24,25,26). The van der Waals surface area contributed by atoms with E-state index in [0.29, 0.717) is 22.8 Å². The maximum Gasteiger partial charge on any atom is 0.272 e. The summed E-state index contributed by atoms with van der Waals surface area (Å²) in [5, 5.41) is 18.0. The average Bonchev–Trinajstić information content (AvgIpc) is 3.39. The van der Waals surface area contributed by atoms with Crippen molar-refractivity contribution < 1.29 is 9.53 Å². The van der Waals surface area contributed by atoms with Crippen LogP contribution in [0.3, 0.4) is 0 Å². The van der Waals surface area contributed by atoms with Crippen LogP contribution in [0.15, 0.2) is 46.9 Å². The number of H-pyrrole nitrogens is 1. The number of rotatable bonds is 4. The molecule has 1 aliphatic rings. The first-order valence-electron chi connectivity index (χ1n) is 9.15. The van der Waals surface area contributed by atoms with Gasteiger partial charge in [0.15, 0.2) is 5.82 Å². The fraction of sp³-hybridized carbons (Fsp3) is 0.200. The van der Waals surface area contributed by atoms with Gasteiger partial charge in [0.1, 0.15) is 5.69 Å². The molecule has 8 nitrogen and oxygen atoms in total. The van der Waals surface area contributed by atoms with Gasteiger partial charge in [-0.25, -0.2) is 5.10 Å². The Balaban J connectivity index is 1.55. The van der Waals surface area contributed by atoms with Gasteiger partial charge in [-0.2, -0.15) is 0 Å². The first kappa shape index (κ1) is 18.0. The maximum absolute atomic E-state index is 13.2. The first-order chi connectivity index (χ1) is 14.2. The van der Waals surface area contributed by atoms with Crippen LogP contribution in [0.1, 0.15) is 28.6 Å². The summed E-state index contributed by atoms with van der Waals surface area (Å²) < 4.78 is 8.57. The van der Waals surface area contributed by atoms with E-state index in [4.69, 9.17) is 4.74 Å². The van der Waals surface area contributed by atoms with Crippen molar-refractivity contribution in [2.24, 2.45) is 0 Å². The van der Waals surface area contributed by atoms with Crippen molar-refractivity contribution in [2.45, 2.75) is 19.1 Å². The second kappa shape index (κ2) is 7.09. The number of carbonyl (C=O) groups excluding carboxylic acids is 1. The fourth-order valence-corrected chi connectivity index (χ4v) is 4.32. The molecule has 1 amide bonds. The molecule has 2 N–H and O–H groups in total. The molecule has 2 aromatic carbocycles. The van der Waals surface area contributed by atoms with Crippen LogP contribution < -0.4 is 5.32 Å². The van der Waals surface area contributed by atoms with E-state index in [1.165, 1.54) is 0 Å². The molecule has 0 aliphatic carbocycles. The van der Waals surface area contributed by atoms with E-state index in [2.05, 4.69) is 52.5 Å². The molecule has 1 unspecified atom stereocenters. The van der Waals surface area contributed by atoms with Gasteiger partial charge in [-0.05, 0) is 41.1 Å². The number of para-hydroxylation sites is 1. The van der Waals surface area contributed by atoms with Gasteiger partial charge < -0.3 is 14.6 Å². The number of methoxy groups -OCH3 is 1. The van der Waals surface area contributed by atoms with Crippen molar-refractivity contribution in [3.8, 4) is 11.4 Å². The molecular weight excluding hydrogens is 436 g/mol. The predicted molar refractivity (Wildman–Crippen MR) is 112 cm³/mol. The SMILES string of the molecule is COC1CCn2c(C(=O)Nc3ccc(Br)cc3-c3nnn[nH]3)cc3cccc1c32. The van der Waals surface area contributed by atoms with Crippen LogP contribution in [-0.2, 0) is 11.3 Å². The highest BCUT2D eigenvalue weighted by atomic mass is 79.9. The van der Waals surface area contributed by atoms with Gasteiger partial charge in [-0.15, -0.1) is 5.10 Å². The second-order valence-electron chi connectivity index (χ2n) is 6.87. The lowest BCUT2D eigenvalue weighted by molar-refractivity contribution is 0.0874. The number of aromatic amines is 1. The Bertz CT molecular complexity index is 1220. The molecule has 4 aromatic rings. The predicted octanol–water partition coefficient (Wildman–Crippen LogP) is 3.93. The molecule has 0 saturated carbocycles.